The van der Waals surface area contributed by atoms with Crippen LogP contribution in [0.1, 0.15) is 45.5 Å². The van der Waals surface area contributed by atoms with E-state index in [0.29, 0.717) is 36.1 Å². The lowest BCUT2D eigenvalue weighted by Crippen LogP contribution is -2.28. The quantitative estimate of drug-likeness (QED) is 0.738. The van der Waals surface area contributed by atoms with Crippen LogP contribution in [0.5, 0.6) is 0 Å². The highest BCUT2D eigenvalue weighted by Gasteiger charge is 2.42. The number of aliphatic imine (C=N–C) groups is 1. The standard InChI is InChI=1S/C17H26N4O4/c1-4-10-6-12(18)20-16-13(15(10)24-5-2)19-8-21(16)17-9(3)14(23)11(7-22)25-17/h8-9,11,14,17,22-23H,4-7H2,1-3H3,(H2,18,20). The minimum Gasteiger partial charge on any atom is -0.491 e. The van der Waals surface area contributed by atoms with Gasteiger partial charge >= 0.3 is 0 Å². The summed E-state index contributed by atoms with van der Waals surface area (Å²) < 4.78 is 13.4. The summed E-state index contributed by atoms with van der Waals surface area (Å²) in [6.45, 7) is 6.13. The van der Waals surface area contributed by atoms with E-state index in [9.17, 15) is 10.2 Å². The van der Waals surface area contributed by atoms with Crippen LogP contribution in [0.3, 0.4) is 0 Å². The molecule has 1 aromatic heterocycles. The summed E-state index contributed by atoms with van der Waals surface area (Å²) in [5, 5.41) is 19.6. The van der Waals surface area contributed by atoms with Crippen LogP contribution in [-0.2, 0) is 9.47 Å². The first-order valence-electron chi connectivity index (χ1n) is 8.71. The lowest BCUT2D eigenvalue weighted by molar-refractivity contribution is -0.0453. The lowest BCUT2D eigenvalue weighted by Gasteiger charge is -2.18. The molecular formula is C17H26N4O4. The van der Waals surface area contributed by atoms with Crippen molar-refractivity contribution in [2.75, 3.05) is 13.2 Å². The molecule has 4 unspecified atom stereocenters. The Morgan fingerprint density at radius 2 is 2.20 bits per heavy atom. The normalized spacial score (nSPS) is 29.4. The van der Waals surface area contributed by atoms with Crippen LogP contribution in [0.15, 0.2) is 16.9 Å². The molecule has 3 heterocycles. The van der Waals surface area contributed by atoms with E-state index < -0.39 is 18.4 Å². The fourth-order valence-corrected chi connectivity index (χ4v) is 3.41. The predicted octanol–water partition coefficient (Wildman–Crippen LogP) is 1.32. The molecule has 0 bridgehead atoms. The maximum absolute atomic E-state index is 10.2. The highest BCUT2D eigenvalue weighted by molar-refractivity contribution is 5.90. The van der Waals surface area contributed by atoms with E-state index in [4.69, 9.17) is 15.2 Å². The molecule has 0 radical (unpaired) electrons. The van der Waals surface area contributed by atoms with Crippen molar-refractivity contribution < 1.29 is 19.7 Å². The molecule has 8 nitrogen and oxygen atoms in total. The Labute approximate surface area is 147 Å². The maximum Gasteiger partial charge on any atom is 0.167 e. The molecule has 0 spiro atoms. The van der Waals surface area contributed by atoms with Gasteiger partial charge in [0.05, 0.1) is 25.6 Å². The molecule has 2 aliphatic heterocycles. The van der Waals surface area contributed by atoms with Gasteiger partial charge in [-0.2, -0.15) is 0 Å². The highest BCUT2D eigenvalue weighted by atomic mass is 16.5. The van der Waals surface area contributed by atoms with Crippen LogP contribution in [0, 0.1) is 5.92 Å². The largest absolute Gasteiger partial charge is 0.491 e. The fraction of sp³-hybridized carbons (Fsp3) is 0.647. The van der Waals surface area contributed by atoms with Gasteiger partial charge in [0.1, 0.15) is 29.6 Å². The second-order valence-corrected chi connectivity index (χ2v) is 6.42. The number of rotatable bonds is 5. The highest BCUT2D eigenvalue weighted by Crippen LogP contribution is 2.41. The number of ether oxygens (including phenoxy) is 2. The van der Waals surface area contributed by atoms with Crippen LogP contribution in [0.25, 0.3) is 5.76 Å². The summed E-state index contributed by atoms with van der Waals surface area (Å²) >= 11 is 0. The Bertz CT molecular complexity index is 697. The molecule has 1 fully saturated rings. The minimum atomic E-state index is -0.756. The minimum absolute atomic E-state index is 0.222. The van der Waals surface area contributed by atoms with Gasteiger partial charge in [-0.1, -0.05) is 13.8 Å². The van der Waals surface area contributed by atoms with Gasteiger partial charge in [0, 0.05) is 12.3 Å². The van der Waals surface area contributed by atoms with Crippen LogP contribution >= 0.6 is 0 Å². The molecule has 4 N–H and O–H groups in total. The third-order valence-electron chi connectivity index (χ3n) is 4.80. The van der Waals surface area contributed by atoms with E-state index in [1.54, 1.807) is 10.9 Å². The molecule has 25 heavy (non-hydrogen) atoms. The third kappa shape index (κ3) is 3.05. The number of aromatic nitrogens is 2. The van der Waals surface area contributed by atoms with E-state index in [2.05, 4.69) is 9.98 Å². The smallest absolute Gasteiger partial charge is 0.167 e. The summed E-state index contributed by atoms with van der Waals surface area (Å²) in [4.78, 5) is 9.03. The lowest BCUT2D eigenvalue weighted by atomic mass is 10.0. The van der Waals surface area contributed by atoms with Gasteiger partial charge < -0.3 is 25.4 Å². The van der Waals surface area contributed by atoms with Crippen molar-refractivity contribution in [1.82, 2.24) is 9.55 Å². The zero-order valence-electron chi connectivity index (χ0n) is 14.8. The molecule has 4 atom stereocenters. The summed E-state index contributed by atoms with van der Waals surface area (Å²) in [7, 11) is 0. The van der Waals surface area contributed by atoms with Gasteiger partial charge in [-0.25, -0.2) is 9.98 Å². The van der Waals surface area contributed by atoms with Gasteiger partial charge in [0.15, 0.2) is 5.82 Å². The van der Waals surface area contributed by atoms with Gasteiger partial charge in [0.25, 0.3) is 0 Å². The second kappa shape index (κ2) is 7.15. The van der Waals surface area contributed by atoms with E-state index in [0.717, 1.165) is 12.0 Å². The van der Waals surface area contributed by atoms with Gasteiger partial charge in [0.2, 0.25) is 0 Å². The molecule has 0 saturated carbocycles. The van der Waals surface area contributed by atoms with Crippen LogP contribution in [-0.4, -0.2) is 51.0 Å². The van der Waals surface area contributed by atoms with Gasteiger partial charge in [-0.3, -0.25) is 4.57 Å². The molecule has 1 saturated heterocycles. The number of fused-ring (bicyclic) bond motifs is 1. The molecule has 138 valence electrons. The molecule has 2 aliphatic rings. The topological polar surface area (TPSA) is 115 Å². The monoisotopic (exact) mass is 350 g/mol. The number of aliphatic hydroxyl groups is 2. The SMILES string of the molecule is CCOC1=C(CC)CC(N)=Nc2c1ncn2C1OC(CO)C(O)C1C. The van der Waals surface area contributed by atoms with E-state index in [-0.39, 0.29) is 12.5 Å². The molecule has 0 aliphatic carbocycles. The van der Waals surface area contributed by atoms with E-state index >= 15 is 0 Å². The number of hydrogen-bond donors (Lipinski definition) is 3. The summed E-state index contributed by atoms with van der Waals surface area (Å²) in [5.41, 5.74) is 7.80. The zero-order chi connectivity index (χ0) is 18.1. The number of aliphatic hydroxyl groups excluding tert-OH is 2. The summed E-state index contributed by atoms with van der Waals surface area (Å²) in [5.74, 6) is 1.54. The fourth-order valence-electron chi connectivity index (χ4n) is 3.41. The maximum atomic E-state index is 10.2. The van der Waals surface area contributed by atoms with Crippen molar-refractivity contribution in [3.05, 3.63) is 17.6 Å². The van der Waals surface area contributed by atoms with E-state index in [1.165, 1.54) is 0 Å². The molecular weight excluding hydrogens is 324 g/mol. The molecule has 8 heteroatoms. The van der Waals surface area contributed by atoms with Crippen molar-refractivity contribution in [3.8, 4) is 0 Å². The van der Waals surface area contributed by atoms with Crippen LogP contribution in [0.2, 0.25) is 0 Å². The Kier molecular flexibility index (Phi) is 5.12. The Morgan fingerprint density at radius 1 is 1.44 bits per heavy atom. The Hall–Kier alpha value is -1.90. The van der Waals surface area contributed by atoms with Gasteiger partial charge in [-0.05, 0) is 18.9 Å². The number of amidine groups is 1. The van der Waals surface area contributed by atoms with Crippen molar-refractivity contribution >= 4 is 17.4 Å². The van der Waals surface area contributed by atoms with Crippen molar-refractivity contribution in [2.24, 2.45) is 16.6 Å². The molecule has 1 aromatic rings. The first-order valence-corrected chi connectivity index (χ1v) is 8.71. The number of nitrogens with two attached hydrogens (primary N) is 1. The average molecular weight is 350 g/mol. The summed E-state index contributed by atoms with van der Waals surface area (Å²) in [6, 6.07) is 0. The first-order chi connectivity index (χ1) is 12.0. The van der Waals surface area contributed by atoms with Crippen LogP contribution in [0.4, 0.5) is 5.82 Å². The number of imidazole rings is 1. The third-order valence-corrected chi connectivity index (χ3v) is 4.80. The number of hydrogen-bond acceptors (Lipinski definition) is 7. The van der Waals surface area contributed by atoms with Crippen LogP contribution < -0.4 is 5.73 Å². The van der Waals surface area contributed by atoms with Crippen molar-refractivity contribution in [2.45, 2.75) is 52.0 Å². The van der Waals surface area contributed by atoms with Gasteiger partial charge in [-0.15, -0.1) is 0 Å². The second-order valence-electron chi connectivity index (χ2n) is 6.42. The predicted molar refractivity (Wildman–Crippen MR) is 93.1 cm³/mol. The Balaban J connectivity index is 2.07. The average Bonchev–Trinajstić information content (AvgIpc) is 3.08. The molecule has 0 amide bonds. The van der Waals surface area contributed by atoms with Crippen molar-refractivity contribution in [1.29, 1.82) is 0 Å². The molecule has 3 rings (SSSR count). The van der Waals surface area contributed by atoms with Crippen molar-refractivity contribution in [3.63, 3.8) is 0 Å². The zero-order valence-corrected chi connectivity index (χ0v) is 14.8. The molecule has 0 aromatic carbocycles. The number of nitrogens with zero attached hydrogens (tertiary/aromatic N) is 3. The Morgan fingerprint density at radius 3 is 2.80 bits per heavy atom. The summed E-state index contributed by atoms with van der Waals surface area (Å²) in [6.07, 6.45) is 1.09. The first kappa shape index (κ1) is 17.9. The van der Waals surface area contributed by atoms with E-state index in [1.807, 2.05) is 20.8 Å².